The van der Waals surface area contributed by atoms with Gasteiger partial charge in [-0.1, -0.05) is 19.0 Å². The summed E-state index contributed by atoms with van der Waals surface area (Å²) in [4.78, 5) is 26.0. The molecule has 2 aromatic heterocycles. The van der Waals surface area contributed by atoms with Gasteiger partial charge in [-0.15, -0.1) is 0 Å². The van der Waals surface area contributed by atoms with Crippen LogP contribution in [0.15, 0.2) is 10.9 Å². The van der Waals surface area contributed by atoms with E-state index in [0.29, 0.717) is 24.2 Å². The molecule has 124 valence electrons. The Morgan fingerprint density at radius 1 is 1.52 bits per heavy atom. The first-order valence-electron chi connectivity index (χ1n) is 7.86. The average Bonchev–Trinajstić information content (AvgIpc) is 3.14. The van der Waals surface area contributed by atoms with E-state index in [-0.39, 0.29) is 5.91 Å². The molecule has 0 radical (unpaired) electrons. The number of imidazole rings is 1. The van der Waals surface area contributed by atoms with Gasteiger partial charge in [0.2, 0.25) is 11.8 Å². The Morgan fingerprint density at radius 2 is 2.35 bits per heavy atom. The van der Waals surface area contributed by atoms with Crippen molar-refractivity contribution in [2.45, 2.75) is 39.3 Å². The van der Waals surface area contributed by atoms with E-state index in [1.54, 1.807) is 18.3 Å². The van der Waals surface area contributed by atoms with Crippen LogP contribution in [0.4, 0.5) is 0 Å². The van der Waals surface area contributed by atoms with Gasteiger partial charge in [0.25, 0.3) is 0 Å². The topological polar surface area (TPSA) is 99.9 Å². The fourth-order valence-electron chi connectivity index (χ4n) is 2.73. The fraction of sp³-hybridized carbons (Fsp3) is 0.600. The van der Waals surface area contributed by atoms with Crippen LogP contribution in [0.3, 0.4) is 0 Å². The van der Waals surface area contributed by atoms with Crippen LogP contribution in [0.2, 0.25) is 0 Å². The molecule has 2 N–H and O–H groups in total. The number of nitrogens with zero attached hydrogens (tertiary/aromatic N) is 4. The summed E-state index contributed by atoms with van der Waals surface area (Å²) >= 11 is 0. The molecule has 0 saturated carbocycles. The lowest BCUT2D eigenvalue weighted by atomic mass is 10.0. The van der Waals surface area contributed by atoms with Gasteiger partial charge in [0, 0.05) is 32.1 Å². The number of H-pyrrole nitrogens is 1. The Balaban J connectivity index is 1.66. The van der Waals surface area contributed by atoms with Gasteiger partial charge in [-0.3, -0.25) is 4.79 Å². The molecule has 1 atom stereocenters. The summed E-state index contributed by atoms with van der Waals surface area (Å²) in [5.41, 5.74) is 1.80. The standard InChI is InChI=1S/C15H22N6O2/c1-9(2)6-11-19-12(23-20-11)7-21(3)15(22)14-13-10(4-5-16-14)17-8-18-13/h8-9,14,16H,4-7H2,1-3H3,(H,17,18)/t14-/m0/s1. The van der Waals surface area contributed by atoms with Crippen molar-refractivity contribution in [3.63, 3.8) is 0 Å². The molecule has 3 heterocycles. The first-order chi connectivity index (χ1) is 11.0. The van der Waals surface area contributed by atoms with Gasteiger partial charge in [-0.05, 0) is 5.92 Å². The minimum atomic E-state index is -0.423. The molecule has 1 amide bonds. The normalized spacial score (nSPS) is 17.3. The van der Waals surface area contributed by atoms with Crippen molar-refractivity contribution in [3.8, 4) is 0 Å². The second-order valence-corrected chi connectivity index (χ2v) is 6.30. The third-order valence-electron chi connectivity index (χ3n) is 3.85. The van der Waals surface area contributed by atoms with Gasteiger partial charge in [-0.25, -0.2) is 4.98 Å². The SMILES string of the molecule is CC(C)Cc1noc(CN(C)C(=O)[C@H]2NCCc3[nH]cnc32)n1. The van der Waals surface area contributed by atoms with E-state index in [4.69, 9.17) is 4.52 Å². The highest BCUT2D eigenvalue weighted by atomic mass is 16.5. The number of likely N-dealkylation sites (N-methyl/N-ethyl adjacent to an activating group) is 1. The molecule has 8 heteroatoms. The number of aromatic nitrogens is 4. The molecule has 1 aliphatic heterocycles. The molecule has 0 bridgehead atoms. The molecule has 0 aliphatic carbocycles. The molecule has 0 unspecified atom stereocenters. The highest BCUT2D eigenvalue weighted by Crippen LogP contribution is 2.21. The van der Waals surface area contributed by atoms with Crippen LogP contribution in [0.1, 0.15) is 43.0 Å². The molecule has 3 rings (SSSR count). The lowest BCUT2D eigenvalue weighted by Gasteiger charge is -2.26. The molecule has 0 fully saturated rings. The van der Waals surface area contributed by atoms with Gasteiger partial charge in [0.1, 0.15) is 6.04 Å². The number of fused-ring (bicyclic) bond motifs is 1. The molecular formula is C15H22N6O2. The van der Waals surface area contributed by atoms with Crippen molar-refractivity contribution in [1.29, 1.82) is 0 Å². The summed E-state index contributed by atoms with van der Waals surface area (Å²) in [6, 6.07) is -0.423. The molecule has 23 heavy (non-hydrogen) atoms. The predicted octanol–water partition coefficient (Wildman–Crippen LogP) is 0.837. The van der Waals surface area contributed by atoms with E-state index >= 15 is 0 Å². The van der Waals surface area contributed by atoms with E-state index < -0.39 is 6.04 Å². The van der Waals surface area contributed by atoms with E-state index in [2.05, 4.69) is 39.3 Å². The summed E-state index contributed by atoms with van der Waals surface area (Å²) in [6.45, 7) is 5.24. The van der Waals surface area contributed by atoms with E-state index in [1.807, 2.05) is 0 Å². The lowest BCUT2D eigenvalue weighted by molar-refractivity contribution is -0.133. The highest BCUT2D eigenvalue weighted by Gasteiger charge is 2.31. The Hall–Kier alpha value is -2.22. The van der Waals surface area contributed by atoms with Crippen molar-refractivity contribution >= 4 is 5.91 Å². The van der Waals surface area contributed by atoms with Gasteiger partial charge in [-0.2, -0.15) is 4.98 Å². The highest BCUT2D eigenvalue weighted by molar-refractivity contribution is 5.83. The molecular weight excluding hydrogens is 296 g/mol. The molecule has 8 nitrogen and oxygen atoms in total. The predicted molar refractivity (Wildman–Crippen MR) is 82.3 cm³/mol. The Kier molecular flexibility index (Phi) is 4.42. The first-order valence-corrected chi connectivity index (χ1v) is 7.86. The summed E-state index contributed by atoms with van der Waals surface area (Å²) in [5.74, 6) is 1.54. The Labute approximate surface area is 134 Å². The van der Waals surface area contributed by atoms with Gasteiger partial charge < -0.3 is 19.7 Å². The maximum absolute atomic E-state index is 12.7. The number of rotatable bonds is 5. The zero-order valence-corrected chi connectivity index (χ0v) is 13.7. The van der Waals surface area contributed by atoms with E-state index in [9.17, 15) is 4.79 Å². The van der Waals surface area contributed by atoms with Crippen LogP contribution in [0.25, 0.3) is 0 Å². The van der Waals surface area contributed by atoms with Gasteiger partial charge in [0.15, 0.2) is 5.82 Å². The maximum Gasteiger partial charge on any atom is 0.246 e. The van der Waals surface area contributed by atoms with Crippen LogP contribution in [0, 0.1) is 5.92 Å². The third kappa shape index (κ3) is 3.42. The minimum Gasteiger partial charge on any atom is -0.348 e. The van der Waals surface area contributed by atoms with E-state index in [1.165, 1.54) is 0 Å². The quantitative estimate of drug-likeness (QED) is 0.847. The number of amides is 1. The summed E-state index contributed by atoms with van der Waals surface area (Å²) in [6.07, 6.45) is 3.25. The van der Waals surface area contributed by atoms with Gasteiger partial charge >= 0.3 is 0 Å². The number of carbonyl (C=O) groups excluding carboxylic acids is 1. The first kappa shape index (κ1) is 15.7. The van der Waals surface area contributed by atoms with Crippen LogP contribution in [-0.4, -0.2) is 44.5 Å². The van der Waals surface area contributed by atoms with Crippen LogP contribution >= 0.6 is 0 Å². The van der Waals surface area contributed by atoms with Crippen molar-refractivity contribution in [1.82, 2.24) is 30.3 Å². The third-order valence-corrected chi connectivity index (χ3v) is 3.85. The van der Waals surface area contributed by atoms with Gasteiger partial charge in [0.05, 0.1) is 18.6 Å². The molecule has 0 spiro atoms. The molecule has 1 aliphatic rings. The number of nitrogens with one attached hydrogen (secondary N) is 2. The Bertz CT molecular complexity index is 677. The zero-order valence-electron chi connectivity index (χ0n) is 13.7. The van der Waals surface area contributed by atoms with Crippen molar-refractivity contribution in [2.75, 3.05) is 13.6 Å². The summed E-state index contributed by atoms with van der Waals surface area (Å²) in [5, 5.41) is 7.17. The fourth-order valence-corrected chi connectivity index (χ4v) is 2.73. The number of aromatic amines is 1. The van der Waals surface area contributed by atoms with E-state index in [0.717, 1.165) is 30.8 Å². The van der Waals surface area contributed by atoms with Crippen LogP contribution in [-0.2, 0) is 24.2 Å². The number of hydrogen-bond donors (Lipinski definition) is 2. The monoisotopic (exact) mass is 318 g/mol. The second-order valence-electron chi connectivity index (χ2n) is 6.30. The number of hydrogen-bond acceptors (Lipinski definition) is 6. The Morgan fingerprint density at radius 3 is 3.13 bits per heavy atom. The zero-order chi connectivity index (χ0) is 16.4. The summed E-state index contributed by atoms with van der Waals surface area (Å²) in [7, 11) is 1.73. The maximum atomic E-state index is 12.7. The van der Waals surface area contributed by atoms with Crippen LogP contribution < -0.4 is 5.32 Å². The molecule has 0 saturated heterocycles. The van der Waals surface area contributed by atoms with Crippen molar-refractivity contribution in [3.05, 3.63) is 29.4 Å². The minimum absolute atomic E-state index is 0.0540. The summed E-state index contributed by atoms with van der Waals surface area (Å²) < 4.78 is 5.23. The van der Waals surface area contributed by atoms with Crippen molar-refractivity contribution < 1.29 is 9.32 Å². The lowest BCUT2D eigenvalue weighted by Crippen LogP contribution is -2.42. The largest absolute Gasteiger partial charge is 0.348 e. The molecule has 0 aromatic carbocycles. The molecule has 2 aromatic rings. The number of carbonyl (C=O) groups is 1. The van der Waals surface area contributed by atoms with Crippen molar-refractivity contribution in [2.24, 2.45) is 5.92 Å². The van der Waals surface area contributed by atoms with Crippen LogP contribution in [0.5, 0.6) is 0 Å². The second kappa shape index (κ2) is 6.49. The smallest absolute Gasteiger partial charge is 0.246 e. The average molecular weight is 318 g/mol.